The maximum Gasteiger partial charge on any atom is 0.262 e. The lowest BCUT2D eigenvalue weighted by Crippen LogP contribution is -2.43. The predicted molar refractivity (Wildman–Crippen MR) is 101 cm³/mol. The molecule has 26 heavy (non-hydrogen) atoms. The van der Waals surface area contributed by atoms with Gasteiger partial charge in [-0.25, -0.2) is 0 Å². The summed E-state index contributed by atoms with van der Waals surface area (Å²) in [5.41, 5.74) is 3.85. The Labute approximate surface area is 151 Å². The molecule has 1 atom stereocenters. The van der Waals surface area contributed by atoms with Crippen LogP contribution in [0.25, 0.3) is 0 Å². The highest BCUT2D eigenvalue weighted by Gasteiger charge is 2.34. The van der Waals surface area contributed by atoms with Crippen LogP contribution in [-0.2, 0) is 0 Å². The average molecular weight is 346 g/mol. The summed E-state index contributed by atoms with van der Waals surface area (Å²) in [4.78, 5) is 14.9. The molecular formula is C21H18N2O3. The van der Waals surface area contributed by atoms with E-state index in [-0.39, 0.29) is 17.4 Å². The number of phenolic OH excluding ortho intramolecular Hbond substituents is 2. The zero-order chi connectivity index (χ0) is 18.3. The predicted octanol–water partition coefficient (Wildman–Crippen LogP) is 4.18. The zero-order valence-corrected chi connectivity index (χ0v) is 14.2. The summed E-state index contributed by atoms with van der Waals surface area (Å²) < 4.78 is 0. The summed E-state index contributed by atoms with van der Waals surface area (Å²) in [6.07, 6.45) is -0.508. The molecule has 130 valence electrons. The van der Waals surface area contributed by atoms with Gasteiger partial charge in [-0.1, -0.05) is 35.9 Å². The molecular weight excluding hydrogens is 328 g/mol. The highest BCUT2D eigenvalue weighted by atomic mass is 16.3. The Morgan fingerprint density at radius 2 is 1.65 bits per heavy atom. The van der Waals surface area contributed by atoms with Crippen LogP contribution in [0.5, 0.6) is 11.5 Å². The molecule has 0 saturated carbocycles. The van der Waals surface area contributed by atoms with Gasteiger partial charge in [0, 0.05) is 11.4 Å². The summed E-state index contributed by atoms with van der Waals surface area (Å²) in [6.45, 7) is 1.99. The third-order valence-corrected chi connectivity index (χ3v) is 4.55. The molecule has 3 aromatic carbocycles. The van der Waals surface area contributed by atoms with Gasteiger partial charge in [0.2, 0.25) is 0 Å². The van der Waals surface area contributed by atoms with Crippen LogP contribution in [0.15, 0.2) is 66.7 Å². The summed E-state index contributed by atoms with van der Waals surface area (Å²) in [6, 6.07) is 19.6. The van der Waals surface area contributed by atoms with E-state index in [1.54, 1.807) is 17.0 Å². The van der Waals surface area contributed by atoms with Gasteiger partial charge in [0.15, 0.2) is 11.5 Å². The molecule has 0 bridgehead atoms. The number of nitrogens with zero attached hydrogens (tertiary/aromatic N) is 1. The van der Waals surface area contributed by atoms with Crippen LogP contribution in [0, 0.1) is 6.92 Å². The molecule has 0 saturated heterocycles. The normalized spacial score (nSPS) is 16.1. The standard InChI is InChI=1S/C21H18N2O3/c1-13-6-9-15(10-7-13)23-20(14-8-11-18(24)19(25)12-14)22-17-5-3-2-4-16(17)21(23)26/h2-12,20,22,24-25H,1H3/t20-/m1/s1. The van der Waals surface area contributed by atoms with Crippen molar-refractivity contribution in [1.29, 1.82) is 0 Å². The highest BCUT2D eigenvalue weighted by Crippen LogP contribution is 2.38. The van der Waals surface area contributed by atoms with Crippen molar-refractivity contribution in [3.63, 3.8) is 0 Å². The molecule has 0 unspecified atom stereocenters. The first kappa shape index (κ1) is 16.0. The second kappa shape index (κ2) is 6.11. The van der Waals surface area contributed by atoms with Gasteiger partial charge in [0.1, 0.15) is 6.17 Å². The minimum Gasteiger partial charge on any atom is -0.504 e. The molecule has 1 aliphatic rings. The topological polar surface area (TPSA) is 72.8 Å². The van der Waals surface area contributed by atoms with Crippen molar-refractivity contribution in [3.05, 3.63) is 83.4 Å². The Morgan fingerprint density at radius 3 is 2.38 bits per heavy atom. The van der Waals surface area contributed by atoms with E-state index in [0.717, 1.165) is 16.9 Å². The van der Waals surface area contributed by atoms with E-state index in [2.05, 4.69) is 5.32 Å². The number of benzene rings is 3. The minimum atomic E-state index is -0.508. The molecule has 0 aliphatic carbocycles. The number of para-hydroxylation sites is 1. The van der Waals surface area contributed by atoms with Crippen molar-refractivity contribution in [3.8, 4) is 11.5 Å². The van der Waals surface area contributed by atoms with Crippen LogP contribution < -0.4 is 10.2 Å². The van der Waals surface area contributed by atoms with Crippen molar-refractivity contribution >= 4 is 17.3 Å². The van der Waals surface area contributed by atoms with E-state index >= 15 is 0 Å². The lowest BCUT2D eigenvalue weighted by atomic mass is 10.0. The summed E-state index contributed by atoms with van der Waals surface area (Å²) >= 11 is 0. The molecule has 0 fully saturated rings. The average Bonchev–Trinajstić information content (AvgIpc) is 2.65. The fraction of sp³-hybridized carbons (Fsp3) is 0.0952. The maximum absolute atomic E-state index is 13.2. The second-order valence-corrected chi connectivity index (χ2v) is 6.35. The summed E-state index contributed by atoms with van der Waals surface area (Å²) in [7, 11) is 0. The number of carbonyl (C=O) groups is 1. The number of carbonyl (C=O) groups excluding carboxylic acids is 1. The van der Waals surface area contributed by atoms with Crippen molar-refractivity contribution in [1.82, 2.24) is 0 Å². The third kappa shape index (κ3) is 2.63. The van der Waals surface area contributed by atoms with Gasteiger partial charge in [-0.3, -0.25) is 9.69 Å². The van der Waals surface area contributed by atoms with Gasteiger partial charge in [-0.2, -0.15) is 0 Å². The number of anilines is 2. The molecule has 1 aliphatic heterocycles. The molecule has 3 N–H and O–H groups in total. The molecule has 4 rings (SSSR count). The van der Waals surface area contributed by atoms with Crippen LogP contribution in [0.1, 0.15) is 27.7 Å². The number of hydrogen-bond donors (Lipinski definition) is 3. The number of hydrogen-bond acceptors (Lipinski definition) is 4. The van der Waals surface area contributed by atoms with E-state index < -0.39 is 6.17 Å². The van der Waals surface area contributed by atoms with Crippen LogP contribution in [0.2, 0.25) is 0 Å². The van der Waals surface area contributed by atoms with E-state index in [0.29, 0.717) is 11.1 Å². The van der Waals surface area contributed by atoms with Crippen molar-refractivity contribution in [2.75, 3.05) is 10.2 Å². The number of nitrogens with one attached hydrogen (secondary N) is 1. The van der Waals surface area contributed by atoms with Gasteiger partial charge in [0.25, 0.3) is 5.91 Å². The van der Waals surface area contributed by atoms with E-state index in [9.17, 15) is 15.0 Å². The van der Waals surface area contributed by atoms with Crippen LogP contribution >= 0.6 is 0 Å². The molecule has 5 nitrogen and oxygen atoms in total. The van der Waals surface area contributed by atoms with Crippen molar-refractivity contribution in [2.45, 2.75) is 13.1 Å². The maximum atomic E-state index is 13.2. The Balaban J connectivity index is 1.86. The number of aromatic hydroxyl groups is 2. The number of aryl methyl sites for hydroxylation is 1. The lowest BCUT2D eigenvalue weighted by molar-refractivity contribution is 0.0975. The van der Waals surface area contributed by atoms with E-state index in [1.807, 2.05) is 49.4 Å². The molecule has 0 radical (unpaired) electrons. The monoisotopic (exact) mass is 346 g/mol. The van der Waals surface area contributed by atoms with Gasteiger partial charge in [-0.15, -0.1) is 0 Å². The zero-order valence-electron chi connectivity index (χ0n) is 14.2. The smallest absolute Gasteiger partial charge is 0.262 e. The molecule has 3 aromatic rings. The molecule has 0 spiro atoms. The lowest BCUT2D eigenvalue weighted by Gasteiger charge is -2.38. The first-order valence-corrected chi connectivity index (χ1v) is 8.32. The van der Waals surface area contributed by atoms with Gasteiger partial charge in [0.05, 0.1) is 5.56 Å². The highest BCUT2D eigenvalue weighted by molar-refractivity contribution is 6.12. The van der Waals surface area contributed by atoms with Crippen LogP contribution in [0.3, 0.4) is 0 Å². The van der Waals surface area contributed by atoms with Gasteiger partial charge >= 0.3 is 0 Å². The SMILES string of the molecule is Cc1ccc(N2C(=O)c3ccccc3N[C@H]2c2ccc(O)c(O)c2)cc1. The number of fused-ring (bicyclic) bond motifs is 1. The molecule has 0 aromatic heterocycles. The number of phenols is 2. The Hall–Kier alpha value is -3.47. The largest absolute Gasteiger partial charge is 0.504 e. The van der Waals surface area contributed by atoms with E-state index in [1.165, 1.54) is 12.1 Å². The Kier molecular flexibility index (Phi) is 3.77. The van der Waals surface area contributed by atoms with Gasteiger partial charge in [-0.05, 0) is 48.9 Å². The second-order valence-electron chi connectivity index (χ2n) is 6.35. The third-order valence-electron chi connectivity index (χ3n) is 4.55. The molecule has 1 heterocycles. The van der Waals surface area contributed by atoms with E-state index in [4.69, 9.17) is 0 Å². The fourth-order valence-corrected chi connectivity index (χ4v) is 3.17. The van der Waals surface area contributed by atoms with Crippen molar-refractivity contribution in [2.24, 2.45) is 0 Å². The number of rotatable bonds is 2. The van der Waals surface area contributed by atoms with Crippen LogP contribution in [-0.4, -0.2) is 16.1 Å². The van der Waals surface area contributed by atoms with Crippen molar-refractivity contribution < 1.29 is 15.0 Å². The minimum absolute atomic E-state index is 0.124. The Bertz CT molecular complexity index is 983. The summed E-state index contributed by atoms with van der Waals surface area (Å²) in [5.74, 6) is -0.543. The first-order valence-electron chi connectivity index (χ1n) is 8.32. The fourth-order valence-electron chi connectivity index (χ4n) is 3.17. The molecule has 1 amide bonds. The number of amides is 1. The summed E-state index contributed by atoms with van der Waals surface area (Å²) in [5, 5.41) is 22.9. The first-order chi connectivity index (χ1) is 12.5. The van der Waals surface area contributed by atoms with Crippen LogP contribution in [0.4, 0.5) is 11.4 Å². The Morgan fingerprint density at radius 1 is 0.923 bits per heavy atom. The quantitative estimate of drug-likeness (QED) is 0.609. The molecule has 5 heteroatoms. The van der Waals surface area contributed by atoms with Gasteiger partial charge < -0.3 is 15.5 Å².